The molecule has 0 rings (SSSR count). The van der Waals surface area contributed by atoms with Gasteiger partial charge in [-0.1, -0.05) is 13.8 Å². The summed E-state index contributed by atoms with van der Waals surface area (Å²) in [6, 6.07) is 0. The fourth-order valence-electron chi connectivity index (χ4n) is 1.51. The van der Waals surface area contributed by atoms with Gasteiger partial charge < -0.3 is 23.6 Å². The van der Waals surface area contributed by atoms with Crippen LogP contribution < -0.4 is 0 Å². The minimum absolute atomic E-state index is 0. The van der Waals surface area contributed by atoms with Gasteiger partial charge in [-0.15, -0.1) is 0 Å². The van der Waals surface area contributed by atoms with E-state index in [0.29, 0.717) is 0 Å². The maximum Gasteiger partial charge on any atom is 2.00 e. The van der Waals surface area contributed by atoms with Gasteiger partial charge in [-0.05, 0) is 53.1 Å². The molecule has 0 saturated heterocycles. The third kappa shape index (κ3) is 22.2. The van der Waals surface area contributed by atoms with Crippen molar-refractivity contribution < 1.29 is 19.5 Å². The van der Waals surface area contributed by atoms with Crippen molar-refractivity contribution in [2.75, 3.05) is 40.3 Å². The van der Waals surface area contributed by atoms with E-state index in [4.69, 9.17) is 0 Å². The van der Waals surface area contributed by atoms with Crippen LogP contribution in [-0.2, 0) is 19.5 Å². The van der Waals surface area contributed by atoms with Gasteiger partial charge >= 0.3 is 19.5 Å². The van der Waals surface area contributed by atoms with Crippen molar-refractivity contribution in [2.45, 2.75) is 39.5 Å². The standard InChI is InChI=1S/C9H20N.C5H12N.Zn/c1-4-7-10(8-5-2)9-6-3;1-4-5-6(2)3;/h1,4-9H2,2-3H3;1,4-5H2,2-3H3;/q2*-1;+2. The Bertz CT molecular complexity index is 105. The van der Waals surface area contributed by atoms with Crippen LogP contribution in [0.2, 0.25) is 0 Å². The summed E-state index contributed by atoms with van der Waals surface area (Å²) in [5.74, 6) is 0. The van der Waals surface area contributed by atoms with Crippen LogP contribution in [0.5, 0.6) is 0 Å². The summed E-state index contributed by atoms with van der Waals surface area (Å²) in [6.45, 7) is 16.7. The quantitative estimate of drug-likeness (QED) is 0.501. The average Bonchev–Trinajstić information content (AvgIpc) is 2.19. The summed E-state index contributed by atoms with van der Waals surface area (Å²) >= 11 is 0. The van der Waals surface area contributed by atoms with Crippen molar-refractivity contribution in [1.29, 1.82) is 0 Å². The van der Waals surface area contributed by atoms with E-state index >= 15 is 0 Å². The minimum Gasteiger partial charge on any atom is -0.342 e. The molecule has 0 saturated carbocycles. The van der Waals surface area contributed by atoms with E-state index in [2.05, 4.69) is 37.5 Å². The maximum atomic E-state index is 3.85. The molecule has 2 nitrogen and oxygen atoms in total. The molecular formula is C14H32N2Zn. The summed E-state index contributed by atoms with van der Waals surface area (Å²) in [4.78, 5) is 4.60. The van der Waals surface area contributed by atoms with Crippen LogP contribution in [0.25, 0.3) is 0 Å². The number of hydrogen-bond acceptors (Lipinski definition) is 2. The first-order chi connectivity index (χ1) is 7.62. The number of rotatable bonds is 8. The van der Waals surface area contributed by atoms with Crippen LogP contribution in [0.4, 0.5) is 0 Å². The first-order valence-corrected chi connectivity index (χ1v) is 6.57. The van der Waals surface area contributed by atoms with Crippen molar-refractivity contribution in [3.8, 4) is 0 Å². The normalized spacial score (nSPS) is 9.88. The summed E-state index contributed by atoms with van der Waals surface area (Å²) < 4.78 is 0. The summed E-state index contributed by atoms with van der Waals surface area (Å²) in [6.07, 6.45) is 4.58. The van der Waals surface area contributed by atoms with Gasteiger partial charge in [-0.3, -0.25) is 0 Å². The second-order valence-electron chi connectivity index (χ2n) is 4.35. The molecule has 0 amide bonds. The molecule has 100 valence electrons. The van der Waals surface area contributed by atoms with E-state index in [0.717, 1.165) is 19.4 Å². The first-order valence-electron chi connectivity index (χ1n) is 6.57. The molecule has 17 heavy (non-hydrogen) atoms. The molecule has 0 heterocycles. The Hall–Kier alpha value is 0.543. The van der Waals surface area contributed by atoms with Gasteiger partial charge in [-0.25, -0.2) is 0 Å². The van der Waals surface area contributed by atoms with Gasteiger partial charge in [0.05, 0.1) is 0 Å². The van der Waals surface area contributed by atoms with Crippen LogP contribution in [0.1, 0.15) is 39.5 Å². The molecular weight excluding hydrogens is 262 g/mol. The van der Waals surface area contributed by atoms with E-state index in [9.17, 15) is 0 Å². The second-order valence-corrected chi connectivity index (χ2v) is 4.35. The van der Waals surface area contributed by atoms with Crippen molar-refractivity contribution in [1.82, 2.24) is 9.80 Å². The summed E-state index contributed by atoms with van der Waals surface area (Å²) in [5, 5.41) is 0. The summed E-state index contributed by atoms with van der Waals surface area (Å²) in [5.41, 5.74) is 0. The van der Waals surface area contributed by atoms with Crippen LogP contribution in [0.15, 0.2) is 0 Å². The third-order valence-corrected chi connectivity index (χ3v) is 2.16. The van der Waals surface area contributed by atoms with E-state index in [1.807, 2.05) is 14.1 Å². The largest absolute Gasteiger partial charge is 2.00 e. The molecule has 0 aliphatic heterocycles. The van der Waals surface area contributed by atoms with Gasteiger partial charge in [0.25, 0.3) is 0 Å². The van der Waals surface area contributed by atoms with Crippen molar-refractivity contribution in [3.05, 3.63) is 13.8 Å². The smallest absolute Gasteiger partial charge is 0.342 e. The van der Waals surface area contributed by atoms with Crippen LogP contribution in [0.3, 0.4) is 0 Å². The van der Waals surface area contributed by atoms with Gasteiger partial charge in [0.2, 0.25) is 0 Å². The van der Waals surface area contributed by atoms with E-state index in [-0.39, 0.29) is 19.5 Å². The number of nitrogens with zero attached hydrogens (tertiary/aromatic N) is 2. The predicted molar refractivity (Wildman–Crippen MR) is 75.5 cm³/mol. The second kappa shape index (κ2) is 18.9. The average molecular weight is 294 g/mol. The molecule has 0 spiro atoms. The molecule has 0 aromatic carbocycles. The van der Waals surface area contributed by atoms with Gasteiger partial charge in [0.15, 0.2) is 0 Å². The maximum absolute atomic E-state index is 3.85. The van der Waals surface area contributed by atoms with Crippen LogP contribution >= 0.6 is 0 Å². The Kier molecular flexibility index (Phi) is 25.2. The molecule has 0 unspecified atom stereocenters. The Labute approximate surface area is 123 Å². The van der Waals surface area contributed by atoms with E-state index in [1.165, 1.54) is 32.5 Å². The zero-order valence-corrected chi connectivity index (χ0v) is 15.6. The van der Waals surface area contributed by atoms with Gasteiger partial charge in [0.1, 0.15) is 0 Å². The van der Waals surface area contributed by atoms with Crippen molar-refractivity contribution in [3.63, 3.8) is 0 Å². The molecule has 0 aliphatic carbocycles. The van der Waals surface area contributed by atoms with Crippen molar-refractivity contribution in [2.24, 2.45) is 0 Å². The predicted octanol–water partition coefficient (Wildman–Crippen LogP) is 3.10. The summed E-state index contributed by atoms with van der Waals surface area (Å²) in [7, 11) is 4.09. The molecule has 0 aromatic heterocycles. The van der Waals surface area contributed by atoms with Crippen LogP contribution in [-0.4, -0.2) is 50.1 Å². The molecule has 0 N–H and O–H groups in total. The Morgan fingerprint density at radius 1 is 0.765 bits per heavy atom. The van der Waals surface area contributed by atoms with Crippen LogP contribution in [0, 0.1) is 13.8 Å². The molecule has 0 fully saturated rings. The fraction of sp³-hybridized carbons (Fsp3) is 0.857. The monoisotopic (exact) mass is 292 g/mol. The Morgan fingerprint density at radius 3 is 1.35 bits per heavy atom. The zero-order chi connectivity index (χ0) is 12.8. The first kappa shape index (κ1) is 22.7. The number of hydrogen-bond donors (Lipinski definition) is 0. The topological polar surface area (TPSA) is 6.48 Å². The molecule has 0 aromatic rings. The molecule has 0 atom stereocenters. The van der Waals surface area contributed by atoms with E-state index < -0.39 is 0 Å². The molecule has 0 bridgehead atoms. The third-order valence-electron chi connectivity index (χ3n) is 2.16. The molecule has 0 radical (unpaired) electrons. The fourth-order valence-corrected chi connectivity index (χ4v) is 1.51. The molecule has 3 heteroatoms. The van der Waals surface area contributed by atoms with Crippen molar-refractivity contribution >= 4 is 0 Å². The Morgan fingerprint density at radius 2 is 1.18 bits per heavy atom. The van der Waals surface area contributed by atoms with E-state index in [1.54, 1.807) is 0 Å². The van der Waals surface area contributed by atoms with Gasteiger partial charge in [0, 0.05) is 0 Å². The Balaban J connectivity index is -0.000000244. The minimum atomic E-state index is 0. The SMILES string of the molecule is [CH2-]CCN(C)C.[CH2-]CCN(CCC)CCC.[Zn+2]. The van der Waals surface area contributed by atoms with Gasteiger partial charge in [-0.2, -0.15) is 12.8 Å². The molecule has 0 aliphatic rings. The zero-order valence-electron chi connectivity index (χ0n) is 12.7.